The van der Waals surface area contributed by atoms with Crippen LogP contribution in [0, 0.1) is 0 Å². The van der Waals surface area contributed by atoms with Crippen LogP contribution in [0.3, 0.4) is 0 Å². The summed E-state index contributed by atoms with van der Waals surface area (Å²) >= 11 is -2.25. The second-order valence-electron chi connectivity index (χ2n) is 8.42. The van der Waals surface area contributed by atoms with Crippen LogP contribution in [0.1, 0.15) is 20.8 Å². The SMILES string of the molecule is C=C(C)C(=O)Oc1ccc([S][Sb]([S]c2ccc(OC(=O)C(=C)C)cc2)[S]c2ccc(OC(=O)C(=C)C)cc2)cc1. The molecule has 0 radical (unpaired) electrons. The average Bonchev–Trinajstić information content (AvgIpc) is 2.91. The van der Waals surface area contributed by atoms with Crippen LogP contribution in [0.25, 0.3) is 0 Å². The normalized spacial score (nSPS) is 10.5. The van der Waals surface area contributed by atoms with E-state index in [0.717, 1.165) is 14.7 Å². The van der Waals surface area contributed by atoms with Crippen LogP contribution in [-0.2, 0) is 14.4 Å². The molecule has 6 nitrogen and oxygen atoms in total. The summed E-state index contributed by atoms with van der Waals surface area (Å²) in [7, 11) is 5.42. The predicted octanol–water partition coefficient (Wildman–Crippen LogP) is 7.79. The van der Waals surface area contributed by atoms with Crippen molar-refractivity contribution in [2.45, 2.75) is 35.5 Å². The summed E-state index contributed by atoms with van der Waals surface area (Å²) in [5.41, 5.74) is 1.01. The van der Waals surface area contributed by atoms with Gasteiger partial charge >= 0.3 is 251 Å². The van der Waals surface area contributed by atoms with Crippen molar-refractivity contribution in [3.63, 3.8) is 0 Å². The molecule has 0 saturated carbocycles. The minimum absolute atomic E-state index is 0.335. The summed E-state index contributed by atoms with van der Waals surface area (Å²) in [6.07, 6.45) is 0. The van der Waals surface area contributed by atoms with Crippen molar-refractivity contribution in [3.8, 4) is 17.2 Å². The van der Waals surface area contributed by atoms with Crippen molar-refractivity contribution in [1.29, 1.82) is 0 Å². The van der Waals surface area contributed by atoms with Crippen molar-refractivity contribution >= 4 is 60.5 Å². The second kappa shape index (κ2) is 15.2. The van der Waals surface area contributed by atoms with Crippen LogP contribution in [0.4, 0.5) is 0 Å². The van der Waals surface area contributed by atoms with Crippen LogP contribution in [0.15, 0.2) is 124 Å². The van der Waals surface area contributed by atoms with Gasteiger partial charge in [-0.2, -0.15) is 0 Å². The Morgan fingerprint density at radius 3 is 0.925 bits per heavy atom. The van der Waals surface area contributed by atoms with Gasteiger partial charge in [0.05, 0.1) is 0 Å². The first kappa shape index (κ1) is 31.7. The summed E-state index contributed by atoms with van der Waals surface area (Å²) in [6, 6.07) is 22.2. The van der Waals surface area contributed by atoms with Gasteiger partial charge in [0.25, 0.3) is 0 Å². The molecule has 0 aromatic heterocycles. The van der Waals surface area contributed by atoms with Gasteiger partial charge in [-0.25, -0.2) is 0 Å². The third kappa shape index (κ3) is 10.3. The third-order valence-electron chi connectivity index (χ3n) is 4.69. The molecule has 0 amide bonds. The molecule has 40 heavy (non-hydrogen) atoms. The number of ether oxygens (including phenoxy) is 3. The van der Waals surface area contributed by atoms with Crippen LogP contribution in [-0.4, -0.2) is 33.9 Å². The summed E-state index contributed by atoms with van der Waals surface area (Å²) in [4.78, 5) is 38.6. The summed E-state index contributed by atoms with van der Waals surface area (Å²) in [6.45, 7) is 15.6. The van der Waals surface area contributed by atoms with Crippen molar-refractivity contribution in [2.75, 3.05) is 0 Å². The van der Waals surface area contributed by atoms with Gasteiger partial charge < -0.3 is 0 Å². The molecule has 0 N–H and O–H groups in total. The fourth-order valence-corrected chi connectivity index (χ4v) is 25.2. The van der Waals surface area contributed by atoms with E-state index in [2.05, 4.69) is 19.7 Å². The summed E-state index contributed by atoms with van der Waals surface area (Å²) < 4.78 is 15.9. The zero-order chi connectivity index (χ0) is 29.2. The summed E-state index contributed by atoms with van der Waals surface area (Å²) in [5, 5.41) is 0. The first-order valence-electron chi connectivity index (χ1n) is 11.8. The fraction of sp³-hybridized carbons (Fsp3) is 0.100. The zero-order valence-corrected chi connectivity index (χ0v) is 27.2. The maximum absolute atomic E-state index is 11.8. The van der Waals surface area contributed by atoms with E-state index in [1.807, 2.05) is 62.9 Å². The Labute approximate surface area is 249 Å². The molecule has 10 heteroatoms. The van der Waals surface area contributed by atoms with Gasteiger partial charge in [-0.1, -0.05) is 0 Å². The molecule has 0 bridgehead atoms. The van der Waals surface area contributed by atoms with Gasteiger partial charge in [-0.15, -0.1) is 0 Å². The number of rotatable bonds is 12. The number of esters is 3. The Hall–Kier alpha value is -2.84. The Morgan fingerprint density at radius 2 is 0.725 bits per heavy atom. The molecule has 0 spiro atoms. The third-order valence-corrected chi connectivity index (χ3v) is 24.8. The van der Waals surface area contributed by atoms with Crippen LogP contribution in [0.5, 0.6) is 17.2 Å². The minimum atomic E-state index is -2.25. The van der Waals surface area contributed by atoms with Gasteiger partial charge in [0.15, 0.2) is 0 Å². The molecule has 0 heterocycles. The van der Waals surface area contributed by atoms with Gasteiger partial charge in [0.1, 0.15) is 0 Å². The average molecular weight is 702 g/mol. The Balaban J connectivity index is 1.76. The van der Waals surface area contributed by atoms with Gasteiger partial charge in [-0.05, 0) is 0 Å². The molecule has 0 aliphatic rings. The molecular weight excluding hydrogens is 674 g/mol. The zero-order valence-electron chi connectivity index (χ0n) is 22.2. The van der Waals surface area contributed by atoms with Crippen molar-refractivity contribution in [2.24, 2.45) is 0 Å². The molecule has 0 atom stereocenters. The van der Waals surface area contributed by atoms with E-state index in [4.69, 9.17) is 14.2 Å². The molecular formula is C30H27O6S3Sb. The second-order valence-corrected chi connectivity index (χ2v) is 28.3. The van der Waals surface area contributed by atoms with Gasteiger partial charge in [0, 0.05) is 0 Å². The monoisotopic (exact) mass is 700 g/mol. The van der Waals surface area contributed by atoms with Crippen LogP contribution in [0.2, 0.25) is 0 Å². The summed E-state index contributed by atoms with van der Waals surface area (Å²) in [5.74, 6) is -0.00689. The Kier molecular flexibility index (Phi) is 12.1. The molecule has 0 saturated heterocycles. The number of carbonyl (C=O) groups is 3. The molecule has 0 unspecified atom stereocenters. The topological polar surface area (TPSA) is 78.9 Å². The molecule has 3 aromatic carbocycles. The molecule has 206 valence electrons. The van der Waals surface area contributed by atoms with E-state index in [-0.39, 0.29) is 0 Å². The van der Waals surface area contributed by atoms with E-state index in [1.165, 1.54) is 0 Å². The van der Waals surface area contributed by atoms with Crippen LogP contribution >= 0.6 is 26.5 Å². The molecule has 0 aliphatic heterocycles. The van der Waals surface area contributed by atoms with E-state index in [1.54, 1.807) is 57.2 Å². The number of carbonyl (C=O) groups excluding carboxylic acids is 3. The fourth-order valence-electron chi connectivity index (χ4n) is 2.60. The molecule has 3 aromatic rings. The first-order chi connectivity index (χ1) is 19.0. The predicted molar refractivity (Wildman–Crippen MR) is 164 cm³/mol. The molecule has 0 aliphatic carbocycles. The van der Waals surface area contributed by atoms with Crippen molar-refractivity contribution in [3.05, 3.63) is 109 Å². The number of hydrogen-bond acceptors (Lipinski definition) is 9. The number of benzene rings is 3. The van der Waals surface area contributed by atoms with Crippen molar-refractivity contribution in [1.82, 2.24) is 0 Å². The van der Waals surface area contributed by atoms with Gasteiger partial charge in [-0.3, -0.25) is 0 Å². The first-order valence-corrected chi connectivity index (χ1v) is 23.5. The quantitative estimate of drug-likeness (QED) is 0.0814. The Bertz CT molecular complexity index is 1240. The maximum atomic E-state index is 11.8. The molecule has 3 rings (SSSR count). The van der Waals surface area contributed by atoms with E-state index in [0.29, 0.717) is 34.0 Å². The number of hydrogen-bond donors (Lipinski definition) is 0. The van der Waals surface area contributed by atoms with E-state index < -0.39 is 33.9 Å². The van der Waals surface area contributed by atoms with E-state index >= 15 is 0 Å². The molecule has 0 fully saturated rings. The van der Waals surface area contributed by atoms with Crippen molar-refractivity contribution < 1.29 is 28.6 Å². The van der Waals surface area contributed by atoms with E-state index in [9.17, 15) is 14.4 Å². The Morgan fingerprint density at radius 1 is 0.500 bits per heavy atom. The van der Waals surface area contributed by atoms with Crippen LogP contribution < -0.4 is 14.2 Å². The standard InChI is InChI=1S/3C10H10O2S.Sb/c3*1-7(2)10(11)12-8-3-5-9(13)6-4-8;/h3*3-6,13H,1H2,2H3;/q;;;+3/p-3. The van der Waals surface area contributed by atoms with Gasteiger partial charge in [0.2, 0.25) is 0 Å².